The summed E-state index contributed by atoms with van der Waals surface area (Å²) in [5.74, 6) is -1.33. The summed E-state index contributed by atoms with van der Waals surface area (Å²) < 4.78 is 14.1. The van der Waals surface area contributed by atoms with Gasteiger partial charge in [0.2, 0.25) is 0 Å². The lowest BCUT2D eigenvalue weighted by Gasteiger charge is -2.14. The lowest BCUT2D eigenvalue weighted by atomic mass is 9.96. The van der Waals surface area contributed by atoms with Gasteiger partial charge in [-0.1, -0.05) is 53.5 Å². The number of nitrogens with zero attached hydrogens (tertiary/aromatic N) is 1. The number of aryl methyl sites for hydroxylation is 1. The maximum atomic E-state index is 13.2. The number of benzene rings is 2. The van der Waals surface area contributed by atoms with E-state index < -0.39 is 5.97 Å². The zero-order valence-electron chi connectivity index (χ0n) is 14.9. The Labute approximate surface area is 166 Å². The van der Waals surface area contributed by atoms with Crippen molar-refractivity contribution in [3.63, 3.8) is 0 Å². The first-order chi connectivity index (χ1) is 13.0. The molecule has 0 atom stereocenters. The van der Waals surface area contributed by atoms with Crippen molar-refractivity contribution in [2.75, 3.05) is 0 Å². The normalized spacial score (nSPS) is 10.8. The third-order valence-electron chi connectivity index (χ3n) is 4.34. The van der Waals surface area contributed by atoms with Crippen LogP contribution in [-0.4, -0.2) is 16.1 Å². The van der Waals surface area contributed by atoms with E-state index in [1.165, 1.54) is 12.1 Å². The van der Waals surface area contributed by atoms with Crippen molar-refractivity contribution in [2.45, 2.75) is 26.2 Å². The molecule has 0 amide bonds. The smallest absolute Gasteiger partial charge is 0.337 e. The zero-order valence-corrected chi connectivity index (χ0v) is 16.5. The molecule has 0 saturated heterocycles. The number of pyridine rings is 1. The van der Waals surface area contributed by atoms with Crippen LogP contribution in [0.4, 0.5) is 4.39 Å². The van der Waals surface area contributed by atoms with Gasteiger partial charge < -0.3 is 5.11 Å². The molecule has 3 nitrogen and oxygen atoms in total. The molecule has 1 aromatic heterocycles. The summed E-state index contributed by atoms with van der Waals surface area (Å²) >= 11 is 3.42. The van der Waals surface area contributed by atoms with Crippen molar-refractivity contribution >= 4 is 21.9 Å². The van der Waals surface area contributed by atoms with Gasteiger partial charge in [0.15, 0.2) is 0 Å². The van der Waals surface area contributed by atoms with E-state index in [9.17, 15) is 14.3 Å². The van der Waals surface area contributed by atoms with E-state index in [4.69, 9.17) is 4.98 Å². The van der Waals surface area contributed by atoms with Crippen LogP contribution in [0.1, 0.15) is 40.7 Å². The van der Waals surface area contributed by atoms with Gasteiger partial charge in [0.1, 0.15) is 5.82 Å². The molecule has 138 valence electrons. The number of rotatable bonds is 6. The Kier molecular flexibility index (Phi) is 6.01. The molecule has 2 aromatic carbocycles. The molecule has 3 rings (SSSR count). The van der Waals surface area contributed by atoms with Gasteiger partial charge in [-0.2, -0.15) is 0 Å². The van der Waals surface area contributed by atoms with E-state index in [0.717, 1.165) is 39.7 Å². The van der Waals surface area contributed by atoms with Crippen LogP contribution in [0.2, 0.25) is 0 Å². The molecule has 0 aliphatic carbocycles. The third kappa shape index (κ3) is 4.61. The summed E-state index contributed by atoms with van der Waals surface area (Å²) in [5.41, 5.74) is 4.15. The average Bonchev–Trinajstić information content (AvgIpc) is 2.65. The quantitative estimate of drug-likeness (QED) is 0.533. The Hall–Kier alpha value is -2.53. The van der Waals surface area contributed by atoms with Crippen LogP contribution in [-0.2, 0) is 12.8 Å². The van der Waals surface area contributed by atoms with Crippen LogP contribution < -0.4 is 0 Å². The Bertz CT molecular complexity index is 953. The summed E-state index contributed by atoms with van der Waals surface area (Å²) in [7, 11) is 0. The Morgan fingerprint density at radius 1 is 1.07 bits per heavy atom. The second-order valence-corrected chi connectivity index (χ2v) is 7.26. The van der Waals surface area contributed by atoms with E-state index in [2.05, 4.69) is 22.9 Å². The van der Waals surface area contributed by atoms with Crippen molar-refractivity contribution in [3.8, 4) is 11.1 Å². The van der Waals surface area contributed by atoms with E-state index in [1.807, 2.05) is 24.3 Å². The predicted molar refractivity (Wildman–Crippen MR) is 108 cm³/mol. The minimum Gasteiger partial charge on any atom is -0.478 e. The molecular weight excluding hydrogens is 409 g/mol. The first-order valence-corrected chi connectivity index (χ1v) is 9.53. The molecule has 0 radical (unpaired) electrons. The van der Waals surface area contributed by atoms with Crippen molar-refractivity contribution in [1.82, 2.24) is 4.98 Å². The molecule has 0 spiro atoms. The van der Waals surface area contributed by atoms with E-state index in [0.29, 0.717) is 12.1 Å². The molecule has 0 saturated carbocycles. The number of carboxylic acid groups (broad SMARTS) is 1. The van der Waals surface area contributed by atoms with Crippen LogP contribution in [0.5, 0.6) is 0 Å². The Morgan fingerprint density at radius 3 is 2.33 bits per heavy atom. The van der Waals surface area contributed by atoms with Gasteiger partial charge in [0.25, 0.3) is 0 Å². The van der Waals surface area contributed by atoms with Gasteiger partial charge in [0.05, 0.1) is 11.3 Å². The van der Waals surface area contributed by atoms with Gasteiger partial charge in [-0.25, -0.2) is 9.18 Å². The number of carbonyl (C=O) groups is 1. The maximum Gasteiger partial charge on any atom is 0.337 e. The van der Waals surface area contributed by atoms with Crippen LogP contribution >= 0.6 is 15.9 Å². The number of hydrogen-bond acceptors (Lipinski definition) is 2. The summed E-state index contributed by atoms with van der Waals surface area (Å²) in [6.07, 6.45) is 2.00. The summed E-state index contributed by atoms with van der Waals surface area (Å²) in [6.45, 7) is 2.07. The zero-order chi connectivity index (χ0) is 19.4. The molecule has 5 heteroatoms. The third-order valence-corrected chi connectivity index (χ3v) is 4.87. The Morgan fingerprint density at radius 2 is 1.74 bits per heavy atom. The highest BCUT2D eigenvalue weighted by atomic mass is 79.9. The van der Waals surface area contributed by atoms with Gasteiger partial charge in [-0.3, -0.25) is 4.98 Å². The summed E-state index contributed by atoms with van der Waals surface area (Å²) in [5, 5.41) is 9.72. The van der Waals surface area contributed by atoms with Gasteiger partial charge in [0, 0.05) is 22.2 Å². The monoisotopic (exact) mass is 427 g/mol. The number of aromatic nitrogens is 1. The fourth-order valence-corrected chi connectivity index (χ4v) is 3.28. The van der Waals surface area contributed by atoms with E-state index in [1.54, 1.807) is 18.2 Å². The van der Waals surface area contributed by atoms with E-state index >= 15 is 0 Å². The lowest BCUT2D eigenvalue weighted by molar-refractivity contribution is 0.0695. The van der Waals surface area contributed by atoms with E-state index in [-0.39, 0.29) is 11.4 Å². The van der Waals surface area contributed by atoms with Gasteiger partial charge in [-0.05, 0) is 47.9 Å². The second kappa shape index (κ2) is 8.44. The molecular formula is C22H19BrFNO2. The van der Waals surface area contributed by atoms with Gasteiger partial charge in [-0.15, -0.1) is 0 Å². The molecule has 0 aliphatic heterocycles. The maximum absolute atomic E-state index is 13.2. The predicted octanol–water partition coefficient (Wildman–Crippen LogP) is 5.89. The molecule has 1 heterocycles. The number of halogens is 2. The average molecular weight is 428 g/mol. The molecule has 0 bridgehead atoms. The summed E-state index contributed by atoms with van der Waals surface area (Å²) in [4.78, 5) is 16.6. The van der Waals surface area contributed by atoms with Crippen LogP contribution in [0, 0.1) is 5.82 Å². The first kappa shape index (κ1) is 19.2. The van der Waals surface area contributed by atoms with Crippen LogP contribution in [0.25, 0.3) is 11.1 Å². The highest BCUT2D eigenvalue weighted by Gasteiger charge is 2.18. The lowest BCUT2D eigenvalue weighted by Crippen LogP contribution is -2.09. The molecule has 0 unspecified atom stereocenters. The minimum atomic E-state index is -1.01. The standard InChI is InChI=1S/C22H19BrFNO2/c1-2-3-20-18(15-6-8-16(23)9-7-15)13-19(22(26)27)21(25-20)12-14-4-10-17(24)11-5-14/h4-11,13H,2-3,12H2,1H3,(H,26,27). The summed E-state index contributed by atoms with van der Waals surface area (Å²) in [6, 6.07) is 15.5. The molecule has 0 fully saturated rings. The first-order valence-electron chi connectivity index (χ1n) is 8.74. The van der Waals surface area contributed by atoms with Crippen molar-refractivity contribution in [1.29, 1.82) is 0 Å². The van der Waals surface area contributed by atoms with Crippen LogP contribution in [0.3, 0.4) is 0 Å². The molecule has 0 aliphatic rings. The second-order valence-electron chi connectivity index (χ2n) is 6.34. The highest BCUT2D eigenvalue weighted by molar-refractivity contribution is 9.10. The SMILES string of the molecule is CCCc1nc(Cc2ccc(F)cc2)c(C(=O)O)cc1-c1ccc(Br)cc1. The fourth-order valence-electron chi connectivity index (χ4n) is 3.02. The number of aromatic carboxylic acids is 1. The largest absolute Gasteiger partial charge is 0.478 e. The fraction of sp³-hybridized carbons (Fsp3) is 0.182. The van der Waals surface area contributed by atoms with Crippen LogP contribution in [0.15, 0.2) is 59.1 Å². The molecule has 1 N–H and O–H groups in total. The van der Waals surface area contributed by atoms with Crippen molar-refractivity contribution < 1.29 is 14.3 Å². The molecule has 27 heavy (non-hydrogen) atoms. The topological polar surface area (TPSA) is 50.2 Å². The Balaban J connectivity index is 2.10. The van der Waals surface area contributed by atoms with Gasteiger partial charge >= 0.3 is 5.97 Å². The molecule has 3 aromatic rings. The number of carboxylic acids is 1. The van der Waals surface area contributed by atoms with Crippen molar-refractivity contribution in [3.05, 3.63) is 87.4 Å². The van der Waals surface area contributed by atoms with Crippen molar-refractivity contribution in [2.24, 2.45) is 0 Å². The minimum absolute atomic E-state index is 0.178. The number of hydrogen-bond donors (Lipinski definition) is 1. The highest BCUT2D eigenvalue weighted by Crippen LogP contribution is 2.28.